The van der Waals surface area contributed by atoms with Gasteiger partial charge >= 0.3 is 0 Å². The number of nitrogens with one attached hydrogen (secondary N) is 1. The molecule has 0 spiro atoms. The van der Waals surface area contributed by atoms with Gasteiger partial charge in [0.25, 0.3) is 11.5 Å². The lowest BCUT2D eigenvalue weighted by atomic mass is 10.1. The van der Waals surface area contributed by atoms with Crippen molar-refractivity contribution in [1.29, 1.82) is 0 Å². The van der Waals surface area contributed by atoms with Crippen LogP contribution < -0.4 is 10.9 Å². The first-order valence-corrected chi connectivity index (χ1v) is 10.7. The molecular formula is C24H28N4O2. The highest BCUT2D eigenvalue weighted by Crippen LogP contribution is 2.18. The van der Waals surface area contributed by atoms with E-state index in [2.05, 4.69) is 15.2 Å². The highest BCUT2D eigenvalue weighted by molar-refractivity contribution is 5.94. The SMILES string of the molecule is Cn1c(=O)c(-c2ccc(C(=O)NCCN3CCCCCC3)cc2)nc2ccccc21. The molecule has 0 radical (unpaired) electrons. The average Bonchev–Trinajstić information content (AvgIpc) is 3.05. The zero-order valence-electron chi connectivity index (χ0n) is 17.4. The summed E-state index contributed by atoms with van der Waals surface area (Å²) in [6, 6.07) is 14.7. The number of nitrogens with zero attached hydrogens (tertiary/aromatic N) is 3. The van der Waals surface area contributed by atoms with E-state index in [9.17, 15) is 9.59 Å². The summed E-state index contributed by atoms with van der Waals surface area (Å²) in [4.78, 5) is 32.2. The molecule has 2 heterocycles. The summed E-state index contributed by atoms with van der Waals surface area (Å²) in [5, 5.41) is 3.01. The average molecular weight is 405 g/mol. The molecule has 0 bridgehead atoms. The summed E-state index contributed by atoms with van der Waals surface area (Å²) in [7, 11) is 1.75. The number of rotatable bonds is 5. The second kappa shape index (κ2) is 9.22. The fourth-order valence-corrected chi connectivity index (χ4v) is 4.04. The maximum atomic E-state index is 12.7. The van der Waals surface area contributed by atoms with E-state index in [1.165, 1.54) is 25.7 Å². The first-order valence-electron chi connectivity index (χ1n) is 10.7. The van der Waals surface area contributed by atoms with Crippen LogP contribution in [-0.4, -0.2) is 46.5 Å². The van der Waals surface area contributed by atoms with Crippen molar-refractivity contribution in [3.05, 3.63) is 64.4 Å². The Labute approximate surface area is 176 Å². The van der Waals surface area contributed by atoms with E-state index in [1.807, 2.05) is 24.3 Å². The molecule has 0 atom stereocenters. The molecular weight excluding hydrogens is 376 g/mol. The van der Waals surface area contributed by atoms with E-state index < -0.39 is 0 Å². The second-order valence-electron chi connectivity index (χ2n) is 7.90. The largest absolute Gasteiger partial charge is 0.351 e. The number of para-hydroxylation sites is 2. The molecule has 2 aromatic carbocycles. The molecule has 1 aromatic heterocycles. The first kappa shape index (κ1) is 20.3. The van der Waals surface area contributed by atoms with Crippen molar-refractivity contribution < 1.29 is 4.79 Å². The van der Waals surface area contributed by atoms with Crippen molar-refractivity contribution in [3.63, 3.8) is 0 Å². The van der Waals surface area contributed by atoms with Crippen LogP contribution >= 0.6 is 0 Å². The van der Waals surface area contributed by atoms with Gasteiger partial charge in [-0.1, -0.05) is 37.1 Å². The summed E-state index contributed by atoms with van der Waals surface area (Å²) >= 11 is 0. The lowest BCUT2D eigenvalue weighted by molar-refractivity contribution is 0.0948. The Bertz CT molecular complexity index is 1080. The molecule has 6 nitrogen and oxygen atoms in total. The smallest absolute Gasteiger partial charge is 0.277 e. The molecule has 1 aliphatic rings. The van der Waals surface area contributed by atoms with Crippen LogP contribution in [0.25, 0.3) is 22.3 Å². The summed E-state index contributed by atoms with van der Waals surface area (Å²) in [5.41, 5.74) is 3.11. The number of likely N-dealkylation sites (tertiary alicyclic amines) is 1. The normalized spacial score (nSPS) is 15.1. The van der Waals surface area contributed by atoms with Gasteiger partial charge in [0.1, 0.15) is 5.69 Å². The van der Waals surface area contributed by atoms with Gasteiger partial charge in [-0.2, -0.15) is 0 Å². The van der Waals surface area contributed by atoms with Crippen LogP contribution in [0.5, 0.6) is 0 Å². The van der Waals surface area contributed by atoms with Gasteiger partial charge in [-0.3, -0.25) is 9.59 Å². The number of hydrogen-bond acceptors (Lipinski definition) is 4. The Kier molecular flexibility index (Phi) is 6.23. The predicted molar refractivity (Wildman–Crippen MR) is 120 cm³/mol. The van der Waals surface area contributed by atoms with Gasteiger partial charge in [0.05, 0.1) is 11.0 Å². The van der Waals surface area contributed by atoms with Crippen molar-refractivity contribution in [2.45, 2.75) is 25.7 Å². The van der Waals surface area contributed by atoms with Crippen molar-refractivity contribution in [2.24, 2.45) is 7.05 Å². The van der Waals surface area contributed by atoms with Gasteiger partial charge in [0.2, 0.25) is 0 Å². The van der Waals surface area contributed by atoms with Gasteiger partial charge in [0, 0.05) is 31.3 Å². The number of amides is 1. The van der Waals surface area contributed by atoms with Gasteiger partial charge in [-0.05, 0) is 50.2 Å². The molecule has 4 rings (SSSR count). The Morgan fingerprint density at radius 3 is 2.43 bits per heavy atom. The molecule has 30 heavy (non-hydrogen) atoms. The van der Waals surface area contributed by atoms with Gasteiger partial charge in [0.15, 0.2) is 0 Å². The molecule has 1 saturated heterocycles. The molecule has 1 N–H and O–H groups in total. The molecule has 156 valence electrons. The highest BCUT2D eigenvalue weighted by atomic mass is 16.1. The number of aryl methyl sites for hydroxylation is 1. The number of carbonyl (C=O) groups excluding carboxylic acids is 1. The van der Waals surface area contributed by atoms with Crippen LogP contribution in [0.2, 0.25) is 0 Å². The minimum Gasteiger partial charge on any atom is -0.351 e. The molecule has 1 amide bonds. The third-order valence-electron chi connectivity index (χ3n) is 5.82. The van der Waals surface area contributed by atoms with Crippen LogP contribution in [0, 0.1) is 0 Å². The Balaban J connectivity index is 1.44. The Morgan fingerprint density at radius 1 is 1.00 bits per heavy atom. The molecule has 0 unspecified atom stereocenters. The zero-order valence-corrected chi connectivity index (χ0v) is 17.4. The summed E-state index contributed by atoms with van der Waals surface area (Å²) in [6.45, 7) is 3.78. The number of hydrogen-bond donors (Lipinski definition) is 1. The maximum Gasteiger partial charge on any atom is 0.277 e. The second-order valence-corrected chi connectivity index (χ2v) is 7.90. The fraction of sp³-hybridized carbons (Fsp3) is 0.375. The van der Waals surface area contributed by atoms with Crippen molar-refractivity contribution in [2.75, 3.05) is 26.2 Å². The van der Waals surface area contributed by atoms with Gasteiger partial charge in [-0.25, -0.2) is 4.98 Å². The molecule has 6 heteroatoms. The van der Waals surface area contributed by atoms with Crippen LogP contribution in [0.15, 0.2) is 53.3 Å². The van der Waals surface area contributed by atoms with Crippen molar-refractivity contribution in [3.8, 4) is 11.3 Å². The van der Waals surface area contributed by atoms with Crippen LogP contribution in [0.3, 0.4) is 0 Å². The summed E-state index contributed by atoms with van der Waals surface area (Å²) < 4.78 is 1.61. The quantitative estimate of drug-likeness (QED) is 0.709. The van der Waals surface area contributed by atoms with E-state index in [0.29, 0.717) is 23.4 Å². The Morgan fingerprint density at radius 2 is 1.70 bits per heavy atom. The number of carbonyl (C=O) groups is 1. The lowest BCUT2D eigenvalue weighted by Crippen LogP contribution is -2.35. The minimum absolute atomic E-state index is 0.0873. The van der Waals surface area contributed by atoms with Gasteiger partial charge in [-0.15, -0.1) is 0 Å². The topological polar surface area (TPSA) is 67.2 Å². The first-order chi connectivity index (χ1) is 14.6. The summed E-state index contributed by atoms with van der Waals surface area (Å²) in [5.74, 6) is -0.0873. The fourth-order valence-electron chi connectivity index (χ4n) is 4.04. The molecule has 0 aliphatic carbocycles. The van der Waals surface area contributed by atoms with E-state index in [4.69, 9.17) is 0 Å². The summed E-state index contributed by atoms with van der Waals surface area (Å²) in [6.07, 6.45) is 5.12. The zero-order chi connectivity index (χ0) is 20.9. The lowest BCUT2D eigenvalue weighted by Gasteiger charge is -2.19. The van der Waals surface area contributed by atoms with E-state index in [0.717, 1.165) is 30.7 Å². The van der Waals surface area contributed by atoms with Crippen molar-refractivity contribution >= 4 is 16.9 Å². The Hall–Kier alpha value is -2.99. The third kappa shape index (κ3) is 4.44. The highest BCUT2D eigenvalue weighted by Gasteiger charge is 2.13. The number of aromatic nitrogens is 2. The predicted octanol–water partition coefficient (Wildman–Crippen LogP) is 3.21. The van der Waals surface area contributed by atoms with E-state index in [-0.39, 0.29) is 11.5 Å². The minimum atomic E-state index is -0.150. The van der Waals surface area contributed by atoms with Crippen LogP contribution in [0.1, 0.15) is 36.0 Å². The molecule has 3 aromatic rings. The van der Waals surface area contributed by atoms with E-state index in [1.54, 1.807) is 35.9 Å². The molecule has 1 aliphatic heterocycles. The van der Waals surface area contributed by atoms with Crippen LogP contribution in [0.4, 0.5) is 0 Å². The molecule has 0 saturated carbocycles. The number of benzene rings is 2. The monoisotopic (exact) mass is 404 g/mol. The molecule has 1 fully saturated rings. The van der Waals surface area contributed by atoms with E-state index >= 15 is 0 Å². The van der Waals surface area contributed by atoms with Crippen LogP contribution in [-0.2, 0) is 7.05 Å². The van der Waals surface area contributed by atoms with Gasteiger partial charge < -0.3 is 14.8 Å². The number of fused-ring (bicyclic) bond motifs is 1. The van der Waals surface area contributed by atoms with Crippen molar-refractivity contribution in [1.82, 2.24) is 19.8 Å². The maximum absolute atomic E-state index is 12.7. The standard InChI is InChI=1S/C24H28N4O2/c1-27-21-9-5-4-8-20(21)26-22(24(27)30)18-10-12-19(13-11-18)23(29)25-14-17-28-15-6-2-3-7-16-28/h4-5,8-13H,2-3,6-7,14-17H2,1H3,(H,25,29). The third-order valence-corrected chi connectivity index (χ3v) is 5.82.